The van der Waals surface area contributed by atoms with Gasteiger partial charge in [0.1, 0.15) is 0 Å². The van der Waals surface area contributed by atoms with Crippen LogP contribution >= 0.6 is 0 Å². The molecular formula is C16H30N2O. The van der Waals surface area contributed by atoms with Gasteiger partial charge in [-0.25, -0.2) is 0 Å². The van der Waals surface area contributed by atoms with Crippen molar-refractivity contribution in [2.24, 2.45) is 11.8 Å². The van der Waals surface area contributed by atoms with Crippen LogP contribution in [0.1, 0.15) is 45.4 Å². The van der Waals surface area contributed by atoms with Crippen molar-refractivity contribution < 1.29 is 4.79 Å². The fourth-order valence-corrected chi connectivity index (χ4v) is 3.90. The average molecular weight is 266 g/mol. The normalized spacial score (nSPS) is 35.0. The summed E-state index contributed by atoms with van der Waals surface area (Å²) < 4.78 is 0. The molecule has 0 aromatic carbocycles. The average Bonchev–Trinajstić information content (AvgIpc) is 2.59. The topological polar surface area (TPSA) is 23.6 Å². The van der Waals surface area contributed by atoms with E-state index < -0.39 is 0 Å². The third-order valence-electron chi connectivity index (χ3n) is 5.19. The minimum absolute atomic E-state index is 0.129. The van der Waals surface area contributed by atoms with E-state index in [4.69, 9.17) is 0 Å². The number of ketones is 1. The Bertz CT molecular complexity index is 305. The lowest BCUT2D eigenvalue weighted by molar-refractivity contribution is -0.130. The van der Waals surface area contributed by atoms with Gasteiger partial charge in [-0.05, 0) is 52.4 Å². The van der Waals surface area contributed by atoms with Crippen LogP contribution in [-0.2, 0) is 4.79 Å². The van der Waals surface area contributed by atoms with E-state index in [2.05, 4.69) is 30.8 Å². The van der Waals surface area contributed by atoms with Gasteiger partial charge < -0.3 is 4.90 Å². The number of nitrogens with zero attached hydrogens (tertiary/aromatic N) is 2. The fourth-order valence-electron chi connectivity index (χ4n) is 3.90. The molecule has 2 aliphatic rings. The Morgan fingerprint density at radius 3 is 2.58 bits per heavy atom. The molecule has 3 unspecified atom stereocenters. The van der Waals surface area contributed by atoms with E-state index in [-0.39, 0.29) is 6.04 Å². The van der Waals surface area contributed by atoms with Gasteiger partial charge in [0, 0.05) is 12.5 Å². The van der Waals surface area contributed by atoms with Crippen LogP contribution in [0.4, 0.5) is 0 Å². The van der Waals surface area contributed by atoms with E-state index in [0.29, 0.717) is 17.6 Å². The van der Waals surface area contributed by atoms with Crippen molar-refractivity contribution in [1.82, 2.24) is 9.80 Å². The Morgan fingerprint density at radius 2 is 1.84 bits per heavy atom. The largest absolute Gasteiger partial charge is 0.304 e. The lowest BCUT2D eigenvalue weighted by Gasteiger charge is -2.35. The molecule has 0 spiro atoms. The maximum atomic E-state index is 13.0. The third-order valence-corrected chi connectivity index (χ3v) is 5.19. The van der Waals surface area contributed by atoms with Crippen LogP contribution < -0.4 is 0 Å². The van der Waals surface area contributed by atoms with Gasteiger partial charge >= 0.3 is 0 Å². The van der Waals surface area contributed by atoms with Gasteiger partial charge in [-0.2, -0.15) is 0 Å². The van der Waals surface area contributed by atoms with Gasteiger partial charge in [-0.1, -0.05) is 26.2 Å². The molecule has 1 aliphatic carbocycles. The van der Waals surface area contributed by atoms with Crippen molar-refractivity contribution in [1.29, 1.82) is 0 Å². The van der Waals surface area contributed by atoms with Gasteiger partial charge in [-0.3, -0.25) is 9.69 Å². The van der Waals surface area contributed by atoms with Gasteiger partial charge in [0.2, 0.25) is 0 Å². The summed E-state index contributed by atoms with van der Waals surface area (Å²) in [5.41, 5.74) is 0. The van der Waals surface area contributed by atoms with Crippen molar-refractivity contribution in [3.63, 3.8) is 0 Å². The molecule has 1 aliphatic heterocycles. The summed E-state index contributed by atoms with van der Waals surface area (Å²) in [5, 5.41) is 0. The fraction of sp³-hybridized carbons (Fsp3) is 0.938. The summed E-state index contributed by atoms with van der Waals surface area (Å²) in [5.74, 6) is 1.50. The van der Waals surface area contributed by atoms with Crippen LogP contribution in [0.3, 0.4) is 0 Å². The van der Waals surface area contributed by atoms with Gasteiger partial charge in [0.25, 0.3) is 0 Å². The molecule has 2 fully saturated rings. The summed E-state index contributed by atoms with van der Waals surface area (Å²) in [6.45, 7) is 5.35. The standard InChI is InChI=1S/C16H30N2O/c1-4-13-8-5-6-9-14(13)16(19)15-12-17(2)10-7-11-18(15)3/h13-15H,4-12H2,1-3H3. The second kappa shape index (κ2) is 6.85. The first-order valence-corrected chi connectivity index (χ1v) is 8.06. The molecule has 0 bridgehead atoms. The Kier molecular flexibility index (Phi) is 5.40. The molecule has 3 atom stereocenters. The lowest BCUT2D eigenvalue weighted by atomic mass is 9.74. The first-order valence-electron chi connectivity index (χ1n) is 8.06. The molecule has 0 aromatic heterocycles. The second-order valence-electron chi connectivity index (χ2n) is 6.57. The number of hydrogen-bond donors (Lipinski definition) is 0. The Morgan fingerprint density at radius 1 is 1.11 bits per heavy atom. The summed E-state index contributed by atoms with van der Waals surface area (Å²) >= 11 is 0. The van der Waals surface area contributed by atoms with Crippen molar-refractivity contribution in [2.45, 2.75) is 51.5 Å². The SMILES string of the molecule is CCC1CCCCC1C(=O)C1CN(C)CCCN1C. The predicted octanol–water partition coefficient (Wildman–Crippen LogP) is 2.41. The molecule has 0 amide bonds. The third kappa shape index (κ3) is 3.57. The first kappa shape index (κ1) is 15.0. The number of Topliss-reactive ketones (excluding diaryl/α,β-unsaturated/α-hetero) is 1. The van der Waals surface area contributed by atoms with Gasteiger partial charge in [0.05, 0.1) is 6.04 Å². The summed E-state index contributed by atoms with van der Waals surface area (Å²) in [7, 11) is 4.28. The van der Waals surface area contributed by atoms with Crippen LogP contribution in [-0.4, -0.2) is 55.4 Å². The highest BCUT2D eigenvalue weighted by Crippen LogP contribution is 2.34. The van der Waals surface area contributed by atoms with E-state index in [0.717, 1.165) is 26.1 Å². The summed E-state index contributed by atoms with van der Waals surface area (Å²) in [6, 6.07) is 0.129. The second-order valence-corrected chi connectivity index (χ2v) is 6.57. The number of rotatable bonds is 3. The Balaban J connectivity index is 2.07. The molecule has 1 saturated carbocycles. The van der Waals surface area contributed by atoms with Crippen LogP contribution in [0.2, 0.25) is 0 Å². The van der Waals surface area contributed by atoms with E-state index >= 15 is 0 Å². The zero-order valence-corrected chi connectivity index (χ0v) is 12.9. The Labute approximate surface area is 118 Å². The summed E-state index contributed by atoms with van der Waals surface area (Å²) in [6.07, 6.45) is 7.31. The molecule has 19 heavy (non-hydrogen) atoms. The van der Waals surface area contributed by atoms with Crippen LogP contribution in [0.5, 0.6) is 0 Å². The van der Waals surface area contributed by atoms with Gasteiger partial charge in [0.15, 0.2) is 5.78 Å². The maximum Gasteiger partial charge on any atom is 0.154 e. The number of hydrogen-bond acceptors (Lipinski definition) is 3. The smallest absolute Gasteiger partial charge is 0.154 e. The van der Waals surface area contributed by atoms with E-state index in [1.807, 2.05) is 0 Å². The zero-order chi connectivity index (χ0) is 13.8. The highest BCUT2D eigenvalue weighted by Gasteiger charge is 2.36. The molecule has 1 heterocycles. The first-order chi connectivity index (χ1) is 9.13. The minimum atomic E-state index is 0.129. The molecule has 3 heteroatoms. The lowest BCUT2D eigenvalue weighted by Crippen LogP contribution is -2.48. The van der Waals surface area contributed by atoms with E-state index in [9.17, 15) is 4.79 Å². The summed E-state index contributed by atoms with van der Waals surface area (Å²) in [4.78, 5) is 17.6. The van der Waals surface area contributed by atoms with Crippen molar-refractivity contribution in [2.75, 3.05) is 33.7 Å². The monoisotopic (exact) mass is 266 g/mol. The number of likely N-dealkylation sites (N-methyl/N-ethyl adjacent to an activating group) is 2. The molecule has 110 valence electrons. The van der Waals surface area contributed by atoms with Crippen molar-refractivity contribution >= 4 is 5.78 Å². The molecule has 0 aromatic rings. The van der Waals surface area contributed by atoms with Gasteiger partial charge in [-0.15, -0.1) is 0 Å². The van der Waals surface area contributed by atoms with E-state index in [1.54, 1.807) is 0 Å². The molecule has 1 saturated heterocycles. The zero-order valence-electron chi connectivity index (χ0n) is 12.9. The van der Waals surface area contributed by atoms with Crippen LogP contribution in [0, 0.1) is 11.8 Å². The van der Waals surface area contributed by atoms with Crippen LogP contribution in [0.15, 0.2) is 0 Å². The number of carbonyl (C=O) groups is 1. The molecular weight excluding hydrogens is 236 g/mol. The molecule has 0 N–H and O–H groups in total. The minimum Gasteiger partial charge on any atom is -0.304 e. The highest BCUT2D eigenvalue weighted by atomic mass is 16.1. The number of carbonyl (C=O) groups excluding carboxylic acids is 1. The maximum absolute atomic E-state index is 13.0. The molecule has 0 radical (unpaired) electrons. The van der Waals surface area contributed by atoms with Crippen LogP contribution in [0.25, 0.3) is 0 Å². The Hall–Kier alpha value is -0.410. The highest BCUT2D eigenvalue weighted by molar-refractivity contribution is 5.87. The molecule has 2 rings (SSSR count). The quantitative estimate of drug-likeness (QED) is 0.784. The predicted molar refractivity (Wildman–Crippen MR) is 79.3 cm³/mol. The molecule has 3 nitrogen and oxygen atoms in total. The van der Waals surface area contributed by atoms with Crippen molar-refractivity contribution in [3.8, 4) is 0 Å². The van der Waals surface area contributed by atoms with E-state index in [1.165, 1.54) is 32.1 Å². The van der Waals surface area contributed by atoms with Crippen molar-refractivity contribution in [3.05, 3.63) is 0 Å².